The zero-order valence-electron chi connectivity index (χ0n) is 22.5. The molecular weight excluding hydrogens is 538 g/mol. The number of aromatic nitrogens is 2. The molecule has 2 aromatic rings. The number of aromatic hydroxyl groups is 1. The van der Waals surface area contributed by atoms with Gasteiger partial charge in [-0.05, 0) is 61.9 Å². The van der Waals surface area contributed by atoms with Gasteiger partial charge in [0.25, 0.3) is 0 Å². The Kier molecular flexibility index (Phi) is 14.0. The number of nitrogens with one attached hydrogen (secondary N) is 4. The van der Waals surface area contributed by atoms with Crippen molar-refractivity contribution < 1.29 is 29.4 Å². The molecule has 0 saturated heterocycles. The van der Waals surface area contributed by atoms with Crippen LogP contribution in [0.5, 0.6) is 5.75 Å². The van der Waals surface area contributed by atoms with Crippen molar-refractivity contribution in [1.82, 2.24) is 25.9 Å². The molecule has 40 heavy (non-hydrogen) atoms. The van der Waals surface area contributed by atoms with E-state index >= 15 is 0 Å². The van der Waals surface area contributed by atoms with Crippen LogP contribution in [-0.4, -0.2) is 86.6 Å². The average Bonchev–Trinajstić information content (AvgIpc) is 3.44. The van der Waals surface area contributed by atoms with Gasteiger partial charge in [-0.1, -0.05) is 12.1 Å². The van der Waals surface area contributed by atoms with Gasteiger partial charge in [-0.15, -0.1) is 0 Å². The Morgan fingerprint density at radius 1 is 0.950 bits per heavy atom. The number of nitrogens with two attached hydrogens (primary N) is 2. The molecule has 0 saturated carbocycles. The first-order valence-corrected chi connectivity index (χ1v) is 14.4. The van der Waals surface area contributed by atoms with E-state index in [9.17, 15) is 29.4 Å². The number of benzene rings is 1. The minimum Gasteiger partial charge on any atom is -0.508 e. The second kappa shape index (κ2) is 17.2. The summed E-state index contributed by atoms with van der Waals surface area (Å²) in [7, 11) is 0. The minimum absolute atomic E-state index is 0.00491. The summed E-state index contributed by atoms with van der Waals surface area (Å²) in [6.07, 6.45) is 6.59. The quantitative estimate of drug-likeness (QED) is 0.107. The van der Waals surface area contributed by atoms with E-state index in [-0.39, 0.29) is 25.0 Å². The average molecular weight is 578 g/mol. The summed E-state index contributed by atoms with van der Waals surface area (Å²) in [6.45, 7) is 0.411. The molecular formula is C26H39N7O6S. The van der Waals surface area contributed by atoms with Crippen molar-refractivity contribution in [2.75, 3.05) is 18.6 Å². The second-order valence-corrected chi connectivity index (χ2v) is 10.3. The lowest BCUT2D eigenvalue weighted by molar-refractivity contribution is -0.142. The van der Waals surface area contributed by atoms with Gasteiger partial charge in [-0.2, -0.15) is 11.8 Å². The standard InChI is InChI=1S/C26H39N7O6S/c1-40-11-9-19(28)23(35)31-20(4-2-3-10-27)24(36)32-21(12-16-5-7-18(34)8-6-16)25(37)33-22(26(38)39)13-17-14-29-15-30-17/h5-8,14-15,19-22,34H,2-4,9-13,27-28H2,1H3,(H,29,30)(H,31,35)(H,32,36)(H,33,37)(H,38,39). The van der Waals surface area contributed by atoms with E-state index in [0.29, 0.717) is 42.8 Å². The molecule has 0 aliphatic carbocycles. The number of carboxylic acid groups (broad SMARTS) is 1. The van der Waals surface area contributed by atoms with E-state index in [1.807, 2.05) is 6.26 Å². The van der Waals surface area contributed by atoms with E-state index < -0.39 is 47.9 Å². The van der Waals surface area contributed by atoms with Crippen LogP contribution in [0.2, 0.25) is 0 Å². The molecule has 2 rings (SSSR count). The number of nitrogens with zero attached hydrogens (tertiary/aromatic N) is 1. The van der Waals surface area contributed by atoms with E-state index in [2.05, 4.69) is 25.9 Å². The fourth-order valence-electron chi connectivity index (χ4n) is 3.85. The van der Waals surface area contributed by atoms with Crippen LogP contribution in [0.3, 0.4) is 0 Å². The Bertz CT molecular complexity index is 1080. The van der Waals surface area contributed by atoms with E-state index in [0.717, 1.165) is 0 Å². The molecule has 0 radical (unpaired) electrons. The molecule has 0 spiro atoms. The highest BCUT2D eigenvalue weighted by atomic mass is 32.2. The zero-order chi connectivity index (χ0) is 29.5. The van der Waals surface area contributed by atoms with Gasteiger partial charge >= 0.3 is 5.97 Å². The molecule has 3 amide bonds. The van der Waals surface area contributed by atoms with Crippen LogP contribution in [-0.2, 0) is 32.0 Å². The molecule has 0 aliphatic heterocycles. The maximum atomic E-state index is 13.4. The summed E-state index contributed by atoms with van der Waals surface area (Å²) < 4.78 is 0. The molecule has 4 unspecified atom stereocenters. The summed E-state index contributed by atoms with van der Waals surface area (Å²) in [6, 6.07) is 1.81. The summed E-state index contributed by atoms with van der Waals surface area (Å²) >= 11 is 1.55. The summed E-state index contributed by atoms with van der Waals surface area (Å²) in [5.41, 5.74) is 12.7. The first-order valence-electron chi connectivity index (χ1n) is 13.0. The third-order valence-corrected chi connectivity index (χ3v) is 6.80. The number of thioether (sulfide) groups is 1. The first kappa shape index (κ1) is 32.6. The van der Waals surface area contributed by atoms with Gasteiger partial charge in [0.2, 0.25) is 17.7 Å². The number of aliphatic carboxylic acids is 1. The number of hydrogen-bond acceptors (Lipinski definition) is 9. The first-order chi connectivity index (χ1) is 19.1. The third-order valence-electron chi connectivity index (χ3n) is 6.15. The molecule has 1 aromatic carbocycles. The number of carbonyl (C=O) groups excluding carboxylic acids is 3. The number of unbranched alkanes of at least 4 members (excludes halogenated alkanes) is 1. The van der Waals surface area contributed by atoms with Gasteiger partial charge in [0.15, 0.2) is 0 Å². The van der Waals surface area contributed by atoms with Gasteiger partial charge in [0.1, 0.15) is 23.9 Å². The fourth-order valence-corrected chi connectivity index (χ4v) is 4.34. The molecule has 14 heteroatoms. The lowest BCUT2D eigenvalue weighted by atomic mass is 10.0. The lowest BCUT2D eigenvalue weighted by Gasteiger charge is -2.25. The smallest absolute Gasteiger partial charge is 0.326 e. The maximum Gasteiger partial charge on any atom is 0.326 e. The fraction of sp³-hybridized carbons (Fsp3) is 0.500. The van der Waals surface area contributed by atoms with Crippen LogP contribution >= 0.6 is 11.8 Å². The minimum atomic E-state index is -1.29. The molecule has 1 aromatic heterocycles. The van der Waals surface area contributed by atoms with Crippen molar-refractivity contribution >= 4 is 35.5 Å². The Morgan fingerprint density at radius 3 is 2.20 bits per heavy atom. The highest BCUT2D eigenvalue weighted by Crippen LogP contribution is 2.13. The predicted molar refractivity (Wildman–Crippen MR) is 151 cm³/mol. The van der Waals surface area contributed by atoms with Crippen molar-refractivity contribution in [3.8, 4) is 5.75 Å². The Labute approximate surface area is 237 Å². The van der Waals surface area contributed by atoms with Crippen LogP contribution in [0, 0.1) is 0 Å². The number of carboxylic acids is 1. The van der Waals surface area contributed by atoms with Gasteiger partial charge in [0, 0.05) is 24.7 Å². The highest BCUT2D eigenvalue weighted by Gasteiger charge is 2.30. The number of aromatic amines is 1. The monoisotopic (exact) mass is 577 g/mol. The van der Waals surface area contributed by atoms with Crippen molar-refractivity contribution in [3.63, 3.8) is 0 Å². The SMILES string of the molecule is CSCCC(N)C(=O)NC(CCCCN)C(=O)NC(Cc1ccc(O)cc1)C(=O)NC(Cc1cnc[nH]1)C(=O)O. The zero-order valence-corrected chi connectivity index (χ0v) is 23.3. The van der Waals surface area contributed by atoms with Crippen LogP contribution in [0.4, 0.5) is 0 Å². The highest BCUT2D eigenvalue weighted by molar-refractivity contribution is 7.98. The van der Waals surface area contributed by atoms with Crippen LogP contribution in [0.1, 0.15) is 36.9 Å². The van der Waals surface area contributed by atoms with Crippen molar-refractivity contribution in [1.29, 1.82) is 0 Å². The molecule has 13 nitrogen and oxygen atoms in total. The van der Waals surface area contributed by atoms with Gasteiger partial charge in [-0.25, -0.2) is 9.78 Å². The Balaban J connectivity index is 2.23. The van der Waals surface area contributed by atoms with Crippen LogP contribution in [0.25, 0.3) is 0 Å². The maximum absolute atomic E-state index is 13.4. The molecule has 4 atom stereocenters. The van der Waals surface area contributed by atoms with Crippen LogP contribution in [0.15, 0.2) is 36.8 Å². The third kappa shape index (κ3) is 11.2. The number of carbonyl (C=O) groups is 4. The number of amides is 3. The number of H-pyrrole nitrogens is 1. The van der Waals surface area contributed by atoms with Gasteiger partial charge in [-0.3, -0.25) is 14.4 Å². The van der Waals surface area contributed by atoms with E-state index in [4.69, 9.17) is 11.5 Å². The lowest BCUT2D eigenvalue weighted by Crippen LogP contribution is -2.57. The predicted octanol–water partition coefficient (Wildman–Crippen LogP) is -0.351. The Morgan fingerprint density at radius 2 is 1.60 bits per heavy atom. The number of phenolic OH excluding ortho intramolecular Hbond substituents is 1. The van der Waals surface area contributed by atoms with Gasteiger partial charge < -0.3 is 42.6 Å². The van der Waals surface area contributed by atoms with E-state index in [1.54, 1.807) is 23.9 Å². The van der Waals surface area contributed by atoms with Crippen molar-refractivity contribution in [2.45, 2.75) is 62.7 Å². The van der Waals surface area contributed by atoms with Crippen molar-refractivity contribution in [3.05, 3.63) is 48.0 Å². The Hall–Kier alpha value is -3.62. The van der Waals surface area contributed by atoms with Gasteiger partial charge in [0.05, 0.1) is 12.4 Å². The number of hydrogen-bond donors (Lipinski definition) is 8. The molecule has 1 heterocycles. The molecule has 0 aliphatic rings. The van der Waals surface area contributed by atoms with E-state index in [1.165, 1.54) is 24.7 Å². The molecule has 0 fully saturated rings. The number of imidazole rings is 1. The largest absolute Gasteiger partial charge is 0.508 e. The molecule has 0 bridgehead atoms. The molecule has 220 valence electrons. The summed E-state index contributed by atoms with van der Waals surface area (Å²) in [4.78, 5) is 58.0. The second-order valence-electron chi connectivity index (χ2n) is 9.35. The topological polar surface area (TPSA) is 226 Å². The normalized spacial score (nSPS) is 14.0. The summed E-state index contributed by atoms with van der Waals surface area (Å²) in [5, 5.41) is 27.2. The number of phenols is 1. The summed E-state index contributed by atoms with van der Waals surface area (Å²) in [5.74, 6) is -2.37. The molecule has 10 N–H and O–H groups in total. The van der Waals surface area contributed by atoms with Crippen molar-refractivity contribution in [2.24, 2.45) is 11.5 Å². The van der Waals surface area contributed by atoms with Crippen LogP contribution < -0.4 is 27.4 Å². The number of rotatable bonds is 18.